The highest BCUT2D eigenvalue weighted by atomic mass is 79.9. The Hall–Kier alpha value is -1.10. The van der Waals surface area contributed by atoms with Crippen molar-refractivity contribution in [3.63, 3.8) is 0 Å². The van der Waals surface area contributed by atoms with Gasteiger partial charge in [-0.05, 0) is 46.2 Å². The Morgan fingerprint density at radius 3 is 2.24 bits per heavy atom. The van der Waals surface area contributed by atoms with Crippen molar-refractivity contribution in [2.75, 3.05) is 13.2 Å². The summed E-state index contributed by atoms with van der Waals surface area (Å²) in [7, 11) is -4.70. The third-order valence-corrected chi connectivity index (χ3v) is 6.03. The lowest BCUT2D eigenvalue weighted by atomic mass is 10.1. The molecule has 1 rings (SSSR count). The average molecular weight is 502 g/mol. The molecule has 0 aliphatic carbocycles. The Morgan fingerprint density at radius 1 is 1.17 bits per heavy atom. The molecule has 0 aliphatic heterocycles. The third-order valence-electron chi connectivity index (χ3n) is 3.24. The monoisotopic (exact) mass is 501 g/mol. The number of rotatable bonds is 10. The maximum atomic E-state index is 14.9. The van der Waals surface area contributed by atoms with Crippen LogP contribution in [0.25, 0.3) is 0 Å². The van der Waals surface area contributed by atoms with E-state index in [1.807, 2.05) is 0 Å². The van der Waals surface area contributed by atoms with Crippen LogP contribution in [0.2, 0.25) is 0 Å². The van der Waals surface area contributed by atoms with Crippen molar-refractivity contribution in [1.82, 2.24) is 16.3 Å². The first kappa shape index (κ1) is 25.9. The standard InChI is InChI=1S/C17H27BrF2N3O5P/c1-6-26-29(25,27-7-2)17(19,20)13-9-8-12(10-14(13)18)11-21-22-15(24)23-28-16(3,4)5/h8-10,21H,6-7,11H2,1-5H3,(H2,22,23,24). The predicted molar refractivity (Wildman–Crippen MR) is 108 cm³/mol. The molecule has 3 N–H and O–H groups in total. The zero-order valence-electron chi connectivity index (χ0n) is 17.0. The predicted octanol–water partition coefficient (Wildman–Crippen LogP) is 4.80. The fourth-order valence-corrected chi connectivity index (χ4v) is 4.45. The minimum absolute atomic E-state index is 0.0296. The Kier molecular flexibility index (Phi) is 9.65. The molecule has 0 aromatic heterocycles. The molecular formula is C17H27BrF2N3O5P. The van der Waals surface area contributed by atoms with Gasteiger partial charge in [-0.3, -0.25) is 14.8 Å². The maximum Gasteiger partial charge on any atom is 0.404 e. The van der Waals surface area contributed by atoms with Gasteiger partial charge in [-0.2, -0.15) is 8.78 Å². The smallest absolute Gasteiger partial charge is 0.304 e. The van der Waals surface area contributed by atoms with E-state index in [0.29, 0.717) is 5.56 Å². The third kappa shape index (κ3) is 7.58. The second-order valence-electron chi connectivity index (χ2n) is 6.81. The lowest BCUT2D eigenvalue weighted by Gasteiger charge is -2.26. The number of urea groups is 1. The summed E-state index contributed by atoms with van der Waals surface area (Å²) in [6, 6.07) is 3.35. The number of hydroxylamine groups is 1. The highest BCUT2D eigenvalue weighted by Gasteiger charge is 2.55. The first-order valence-electron chi connectivity index (χ1n) is 8.89. The van der Waals surface area contributed by atoms with Gasteiger partial charge in [-0.25, -0.2) is 15.7 Å². The van der Waals surface area contributed by atoms with Crippen LogP contribution in [0.15, 0.2) is 22.7 Å². The summed E-state index contributed by atoms with van der Waals surface area (Å²) in [4.78, 5) is 16.7. The van der Waals surface area contributed by atoms with Crippen LogP contribution >= 0.6 is 23.5 Å². The van der Waals surface area contributed by atoms with Crippen LogP contribution in [0.5, 0.6) is 0 Å². The van der Waals surface area contributed by atoms with E-state index < -0.39 is 30.5 Å². The first-order chi connectivity index (χ1) is 13.4. The molecule has 29 heavy (non-hydrogen) atoms. The zero-order chi connectivity index (χ0) is 22.3. The van der Waals surface area contributed by atoms with Crippen LogP contribution in [-0.2, 0) is 30.7 Å². The summed E-state index contributed by atoms with van der Waals surface area (Å²) >= 11 is 3.09. The molecule has 0 saturated heterocycles. The summed E-state index contributed by atoms with van der Waals surface area (Å²) in [5.74, 6) is 0. The highest BCUT2D eigenvalue weighted by molar-refractivity contribution is 9.10. The van der Waals surface area contributed by atoms with Gasteiger partial charge in [0.1, 0.15) is 0 Å². The fraction of sp³-hybridized carbons (Fsp3) is 0.588. The summed E-state index contributed by atoms with van der Waals surface area (Å²) in [6.45, 7) is 8.01. The topological polar surface area (TPSA) is 97.9 Å². The molecule has 0 atom stereocenters. The highest BCUT2D eigenvalue weighted by Crippen LogP contribution is 2.67. The molecule has 0 aliphatic rings. The van der Waals surface area contributed by atoms with Gasteiger partial charge in [0.05, 0.1) is 18.8 Å². The average Bonchev–Trinajstić information content (AvgIpc) is 2.59. The largest absolute Gasteiger partial charge is 0.404 e. The summed E-state index contributed by atoms with van der Waals surface area (Å²) in [6.07, 6.45) is 0. The van der Waals surface area contributed by atoms with Gasteiger partial charge in [0.15, 0.2) is 0 Å². The first-order valence-corrected chi connectivity index (χ1v) is 11.2. The molecular weight excluding hydrogens is 475 g/mol. The molecule has 0 radical (unpaired) electrons. The SMILES string of the molecule is CCOP(=O)(OCC)C(F)(F)c1ccc(CNNC(=O)NOC(C)(C)C)cc1Br. The van der Waals surface area contributed by atoms with E-state index in [4.69, 9.17) is 13.9 Å². The van der Waals surface area contributed by atoms with Gasteiger partial charge in [-0.15, -0.1) is 0 Å². The van der Waals surface area contributed by atoms with Crippen molar-refractivity contribution in [1.29, 1.82) is 0 Å². The van der Waals surface area contributed by atoms with Crippen LogP contribution in [0, 0.1) is 0 Å². The van der Waals surface area contributed by atoms with E-state index in [1.165, 1.54) is 26.0 Å². The molecule has 0 fully saturated rings. The Balaban J connectivity index is 2.81. The van der Waals surface area contributed by atoms with Crippen molar-refractivity contribution in [2.24, 2.45) is 0 Å². The van der Waals surface area contributed by atoms with Crippen LogP contribution in [0.1, 0.15) is 45.7 Å². The molecule has 1 aromatic rings. The number of benzene rings is 1. The molecule has 1 aromatic carbocycles. The quantitative estimate of drug-likeness (QED) is 0.314. The Bertz CT molecular complexity index is 736. The van der Waals surface area contributed by atoms with E-state index >= 15 is 0 Å². The summed E-state index contributed by atoms with van der Waals surface area (Å²) in [5.41, 5.74) is 2.87. The summed E-state index contributed by atoms with van der Waals surface area (Å²) in [5, 5.41) is 0. The summed E-state index contributed by atoms with van der Waals surface area (Å²) < 4.78 is 51.9. The van der Waals surface area contributed by atoms with E-state index in [2.05, 4.69) is 32.3 Å². The number of alkyl halides is 2. The van der Waals surface area contributed by atoms with Gasteiger partial charge in [0, 0.05) is 16.6 Å². The second-order valence-corrected chi connectivity index (χ2v) is 9.74. The van der Waals surface area contributed by atoms with Gasteiger partial charge < -0.3 is 9.05 Å². The number of carbonyl (C=O) groups excluding carboxylic acids is 1. The van der Waals surface area contributed by atoms with E-state index in [1.54, 1.807) is 20.8 Å². The van der Waals surface area contributed by atoms with Crippen LogP contribution in [0.3, 0.4) is 0 Å². The molecule has 0 heterocycles. The normalized spacial score (nSPS) is 12.7. The van der Waals surface area contributed by atoms with Gasteiger partial charge in [0.25, 0.3) is 0 Å². The molecule has 0 saturated carbocycles. The molecule has 166 valence electrons. The van der Waals surface area contributed by atoms with Crippen molar-refractivity contribution >= 4 is 29.6 Å². The lowest BCUT2D eigenvalue weighted by molar-refractivity contribution is -0.0533. The Labute approximate surface area is 177 Å². The van der Waals surface area contributed by atoms with Gasteiger partial charge in [0.2, 0.25) is 0 Å². The molecule has 0 bridgehead atoms. The van der Waals surface area contributed by atoms with Crippen LogP contribution in [-0.4, -0.2) is 24.8 Å². The molecule has 8 nitrogen and oxygen atoms in total. The molecule has 0 spiro atoms. The second kappa shape index (κ2) is 10.8. The molecule has 0 unspecified atom stereocenters. The van der Waals surface area contributed by atoms with Crippen molar-refractivity contribution in [3.8, 4) is 0 Å². The van der Waals surface area contributed by atoms with Crippen LogP contribution < -0.4 is 16.3 Å². The minimum Gasteiger partial charge on any atom is -0.304 e. The van der Waals surface area contributed by atoms with Crippen molar-refractivity contribution in [2.45, 2.75) is 52.4 Å². The van der Waals surface area contributed by atoms with Crippen LogP contribution in [0.4, 0.5) is 13.6 Å². The zero-order valence-corrected chi connectivity index (χ0v) is 19.5. The fourth-order valence-electron chi connectivity index (χ4n) is 2.05. The van der Waals surface area contributed by atoms with Gasteiger partial charge in [-0.1, -0.05) is 28.1 Å². The van der Waals surface area contributed by atoms with E-state index in [0.717, 1.165) is 6.07 Å². The molecule has 12 heteroatoms. The minimum atomic E-state index is -4.70. The van der Waals surface area contributed by atoms with Gasteiger partial charge >= 0.3 is 19.3 Å². The molecule has 2 amide bonds. The number of halogens is 3. The number of amides is 2. The van der Waals surface area contributed by atoms with Crippen molar-refractivity contribution < 1.29 is 32.0 Å². The van der Waals surface area contributed by atoms with E-state index in [-0.39, 0.29) is 24.2 Å². The number of hydrazine groups is 1. The maximum absolute atomic E-state index is 14.9. The number of hydrogen-bond donors (Lipinski definition) is 3. The lowest BCUT2D eigenvalue weighted by Crippen LogP contribution is -2.46. The number of hydrogen-bond acceptors (Lipinski definition) is 6. The number of nitrogens with one attached hydrogen (secondary N) is 3. The number of carbonyl (C=O) groups is 1. The Morgan fingerprint density at radius 2 is 1.76 bits per heavy atom. The van der Waals surface area contributed by atoms with Crippen molar-refractivity contribution in [3.05, 3.63) is 33.8 Å². The van der Waals surface area contributed by atoms with E-state index in [9.17, 15) is 18.1 Å².